The Bertz CT molecular complexity index is 376. The predicted octanol–water partition coefficient (Wildman–Crippen LogP) is 4.56. The maximum Gasteiger partial charge on any atom is 0.0410 e. The van der Waals surface area contributed by atoms with E-state index in [0.29, 0.717) is 6.04 Å². The van der Waals surface area contributed by atoms with E-state index in [0.717, 1.165) is 17.9 Å². The molecule has 0 saturated carbocycles. The second-order valence-electron chi connectivity index (χ2n) is 3.81. The van der Waals surface area contributed by atoms with E-state index >= 15 is 0 Å². The lowest BCUT2D eigenvalue weighted by Crippen LogP contribution is -2.18. The molecule has 0 amide bonds. The minimum Gasteiger partial charge on any atom is -0.313 e. The summed E-state index contributed by atoms with van der Waals surface area (Å²) >= 11 is 8.38. The molecule has 1 atom stereocenters. The summed E-state index contributed by atoms with van der Waals surface area (Å²) < 4.78 is 1.24. The first-order chi connectivity index (χ1) is 7.58. The summed E-state index contributed by atoms with van der Waals surface area (Å²) in [7, 11) is 1.98. The van der Waals surface area contributed by atoms with Gasteiger partial charge in [-0.3, -0.25) is 0 Å². The Labute approximate surface area is 116 Å². The number of hydrogen-bond acceptors (Lipinski definition) is 1. The third-order valence-electron chi connectivity index (χ3n) is 2.67. The fraction of sp³-hybridized carbons (Fsp3) is 0.385. The molecule has 0 aromatic heterocycles. The van der Waals surface area contributed by atoms with Crippen molar-refractivity contribution >= 4 is 34.2 Å². The van der Waals surface area contributed by atoms with E-state index in [1.807, 2.05) is 19.2 Å². The molecule has 1 unspecified atom stereocenters. The maximum absolute atomic E-state index is 6.03. The number of rotatable bonds is 5. The van der Waals surface area contributed by atoms with E-state index < -0.39 is 0 Å². The van der Waals surface area contributed by atoms with Gasteiger partial charge in [-0.2, -0.15) is 0 Å². The van der Waals surface area contributed by atoms with E-state index in [1.165, 1.54) is 14.7 Å². The Balaban J connectivity index is 2.94. The lowest BCUT2D eigenvalue weighted by atomic mass is 9.99. The summed E-state index contributed by atoms with van der Waals surface area (Å²) in [4.78, 5) is 0. The van der Waals surface area contributed by atoms with Crippen LogP contribution in [0.3, 0.4) is 0 Å². The van der Waals surface area contributed by atoms with Crippen LogP contribution in [0.15, 0.2) is 30.4 Å². The second-order valence-corrected chi connectivity index (χ2v) is 5.41. The first kappa shape index (κ1) is 14.0. The number of nitrogens with one attached hydrogen (secondary N) is 1. The molecule has 1 N–H and O–H groups in total. The Kier molecular flexibility index (Phi) is 5.79. The Morgan fingerprint density at radius 1 is 1.56 bits per heavy atom. The van der Waals surface area contributed by atoms with Crippen molar-refractivity contribution in [2.75, 3.05) is 7.05 Å². The molecule has 0 aliphatic heterocycles. The van der Waals surface area contributed by atoms with Gasteiger partial charge in [0.15, 0.2) is 0 Å². The third-order valence-corrected chi connectivity index (χ3v) is 3.89. The summed E-state index contributed by atoms with van der Waals surface area (Å²) in [5.41, 5.74) is 2.51. The number of benzene rings is 1. The SMILES string of the molecule is C=C(CC)CC(NC)c1cc(Cl)ccc1I. The van der Waals surface area contributed by atoms with Crippen LogP contribution in [0.2, 0.25) is 5.02 Å². The van der Waals surface area contributed by atoms with Crippen LogP contribution in [-0.4, -0.2) is 7.05 Å². The second kappa shape index (κ2) is 6.62. The fourth-order valence-corrected chi connectivity index (χ4v) is 2.47. The smallest absolute Gasteiger partial charge is 0.0410 e. The van der Waals surface area contributed by atoms with Gasteiger partial charge in [0.25, 0.3) is 0 Å². The van der Waals surface area contributed by atoms with Gasteiger partial charge < -0.3 is 5.32 Å². The van der Waals surface area contributed by atoms with Crippen LogP contribution in [-0.2, 0) is 0 Å². The lowest BCUT2D eigenvalue weighted by Gasteiger charge is -2.19. The van der Waals surface area contributed by atoms with Crippen molar-refractivity contribution in [1.29, 1.82) is 0 Å². The molecule has 1 aromatic carbocycles. The third kappa shape index (κ3) is 3.75. The van der Waals surface area contributed by atoms with Gasteiger partial charge in [-0.1, -0.05) is 30.7 Å². The van der Waals surface area contributed by atoms with Crippen LogP contribution in [0.5, 0.6) is 0 Å². The summed E-state index contributed by atoms with van der Waals surface area (Å²) in [5, 5.41) is 4.12. The molecule has 0 heterocycles. The van der Waals surface area contributed by atoms with Gasteiger partial charge >= 0.3 is 0 Å². The fourth-order valence-electron chi connectivity index (χ4n) is 1.58. The summed E-state index contributed by atoms with van der Waals surface area (Å²) in [5.74, 6) is 0. The van der Waals surface area contributed by atoms with Gasteiger partial charge in [0.2, 0.25) is 0 Å². The Morgan fingerprint density at radius 3 is 2.81 bits per heavy atom. The summed E-state index contributed by atoms with van der Waals surface area (Å²) in [6, 6.07) is 6.32. The van der Waals surface area contributed by atoms with Gasteiger partial charge in [-0.25, -0.2) is 0 Å². The highest BCUT2D eigenvalue weighted by molar-refractivity contribution is 14.1. The van der Waals surface area contributed by atoms with E-state index in [1.54, 1.807) is 0 Å². The number of halogens is 2. The van der Waals surface area contributed by atoms with Crippen LogP contribution < -0.4 is 5.32 Å². The largest absolute Gasteiger partial charge is 0.313 e. The molecule has 0 bridgehead atoms. The zero-order chi connectivity index (χ0) is 12.1. The molecule has 0 fully saturated rings. The van der Waals surface area contributed by atoms with Crippen LogP contribution in [0.25, 0.3) is 0 Å². The van der Waals surface area contributed by atoms with E-state index in [4.69, 9.17) is 11.6 Å². The molecule has 1 rings (SSSR count). The Morgan fingerprint density at radius 2 is 2.25 bits per heavy atom. The molecule has 0 spiro atoms. The number of hydrogen-bond donors (Lipinski definition) is 1. The highest BCUT2D eigenvalue weighted by Gasteiger charge is 2.13. The molecule has 0 saturated heterocycles. The molecular weight excluding hydrogens is 333 g/mol. The van der Waals surface area contributed by atoms with Gasteiger partial charge in [-0.05, 0) is 66.2 Å². The van der Waals surface area contributed by atoms with E-state index in [2.05, 4.69) is 47.5 Å². The molecule has 3 heteroatoms. The zero-order valence-electron chi connectivity index (χ0n) is 9.69. The van der Waals surface area contributed by atoms with Crippen LogP contribution in [0.4, 0.5) is 0 Å². The van der Waals surface area contributed by atoms with Crippen molar-refractivity contribution in [3.05, 3.63) is 44.5 Å². The zero-order valence-corrected chi connectivity index (χ0v) is 12.6. The van der Waals surface area contributed by atoms with Crippen molar-refractivity contribution in [3.8, 4) is 0 Å². The quantitative estimate of drug-likeness (QED) is 0.607. The topological polar surface area (TPSA) is 12.0 Å². The van der Waals surface area contributed by atoms with Crippen molar-refractivity contribution in [1.82, 2.24) is 5.32 Å². The maximum atomic E-state index is 6.03. The minimum absolute atomic E-state index is 0.304. The molecule has 0 radical (unpaired) electrons. The summed E-state index contributed by atoms with van der Waals surface area (Å²) in [6.07, 6.45) is 1.98. The average Bonchev–Trinajstić information content (AvgIpc) is 2.29. The van der Waals surface area contributed by atoms with Gasteiger partial charge in [0, 0.05) is 14.6 Å². The highest BCUT2D eigenvalue weighted by atomic mass is 127. The molecule has 16 heavy (non-hydrogen) atoms. The van der Waals surface area contributed by atoms with Crippen molar-refractivity contribution in [2.24, 2.45) is 0 Å². The summed E-state index contributed by atoms with van der Waals surface area (Å²) in [6.45, 7) is 6.20. The van der Waals surface area contributed by atoms with Crippen molar-refractivity contribution < 1.29 is 0 Å². The highest BCUT2D eigenvalue weighted by Crippen LogP contribution is 2.28. The lowest BCUT2D eigenvalue weighted by molar-refractivity contribution is 0.580. The molecule has 88 valence electrons. The molecular formula is C13H17ClIN. The molecule has 0 aliphatic carbocycles. The first-order valence-electron chi connectivity index (χ1n) is 5.37. The van der Waals surface area contributed by atoms with E-state index in [-0.39, 0.29) is 0 Å². The van der Waals surface area contributed by atoms with Crippen molar-refractivity contribution in [3.63, 3.8) is 0 Å². The molecule has 1 nitrogen and oxygen atoms in total. The molecule has 0 aliphatic rings. The first-order valence-corrected chi connectivity index (χ1v) is 6.83. The Hall–Kier alpha value is -0.0600. The van der Waals surface area contributed by atoms with Crippen LogP contribution in [0.1, 0.15) is 31.4 Å². The molecule has 1 aromatic rings. The monoisotopic (exact) mass is 349 g/mol. The van der Waals surface area contributed by atoms with Crippen LogP contribution in [0, 0.1) is 3.57 Å². The van der Waals surface area contributed by atoms with Gasteiger partial charge in [0.1, 0.15) is 0 Å². The minimum atomic E-state index is 0.304. The predicted molar refractivity (Wildman–Crippen MR) is 80.0 cm³/mol. The van der Waals surface area contributed by atoms with E-state index in [9.17, 15) is 0 Å². The van der Waals surface area contributed by atoms with Gasteiger partial charge in [-0.15, -0.1) is 0 Å². The van der Waals surface area contributed by atoms with Gasteiger partial charge in [0.05, 0.1) is 0 Å². The average molecular weight is 350 g/mol. The van der Waals surface area contributed by atoms with Crippen LogP contribution >= 0.6 is 34.2 Å². The normalized spacial score (nSPS) is 12.5. The standard InChI is InChI=1S/C13H17ClIN/c1-4-9(2)7-13(16-3)11-8-10(14)5-6-12(11)15/h5-6,8,13,16H,2,4,7H2,1,3H3. The van der Waals surface area contributed by atoms with Crippen molar-refractivity contribution in [2.45, 2.75) is 25.8 Å².